The molecule has 0 spiro atoms. The molecule has 3 heterocycles. The van der Waals surface area contributed by atoms with Crippen LogP contribution in [0.15, 0.2) is 10.7 Å². The number of rotatable bonds is 3. The molecular formula is C14H22N6O2. The lowest BCUT2D eigenvalue weighted by molar-refractivity contribution is -0.0246. The fourth-order valence-electron chi connectivity index (χ4n) is 2.41. The molecule has 8 heteroatoms. The van der Waals surface area contributed by atoms with E-state index in [0.717, 1.165) is 12.2 Å². The summed E-state index contributed by atoms with van der Waals surface area (Å²) in [5.74, 6) is 1.24. The summed E-state index contributed by atoms with van der Waals surface area (Å²) in [7, 11) is 0. The highest BCUT2D eigenvalue weighted by Crippen LogP contribution is 2.24. The highest BCUT2D eigenvalue weighted by Gasteiger charge is 2.30. The predicted molar refractivity (Wildman–Crippen MR) is 78.0 cm³/mol. The number of hydrogen-bond acceptors (Lipinski definition) is 7. The van der Waals surface area contributed by atoms with Crippen molar-refractivity contribution in [1.82, 2.24) is 30.0 Å². The van der Waals surface area contributed by atoms with Gasteiger partial charge in [-0.25, -0.2) is 4.68 Å². The van der Waals surface area contributed by atoms with Crippen LogP contribution in [0, 0.1) is 6.92 Å². The zero-order chi connectivity index (χ0) is 15.7. The Balaban J connectivity index is 1.75. The zero-order valence-corrected chi connectivity index (χ0v) is 13.5. The van der Waals surface area contributed by atoms with Crippen molar-refractivity contribution in [2.45, 2.75) is 45.8 Å². The normalized spacial score (nSPS) is 20.5. The summed E-state index contributed by atoms with van der Waals surface area (Å²) in [6.45, 7) is 10.8. The minimum atomic E-state index is -0.0702. The molecule has 22 heavy (non-hydrogen) atoms. The molecule has 1 saturated heterocycles. The van der Waals surface area contributed by atoms with Crippen molar-refractivity contribution in [1.29, 1.82) is 0 Å². The maximum Gasteiger partial charge on any atom is 0.246 e. The summed E-state index contributed by atoms with van der Waals surface area (Å²) in [6, 6.07) is -0.0327. The van der Waals surface area contributed by atoms with Crippen molar-refractivity contribution in [3.05, 3.63) is 23.6 Å². The second kappa shape index (κ2) is 5.77. The third-order valence-corrected chi connectivity index (χ3v) is 3.66. The number of aromatic nitrogens is 5. The van der Waals surface area contributed by atoms with Gasteiger partial charge in [0.2, 0.25) is 5.89 Å². The summed E-state index contributed by atoms with van der Waals surface area (Å²) >= 11 is 0. The standard InChI is InChI=1S/C14H22N6O2/c1-10-15-13(22-17-10)12-9-21-6-5-19(12)7-11-8-20(18-16-11)14(2,3)4/h8,12H,5-7,9H2,1-4H3/t12-/m1/s1. The minimum Gasteiger partial charge on any atom is -0.378 e. The Morgan fingerprint density at radius 3 is 2.82 bits per heavy atom. The van der Waals surface area contributed by atoms with Crippen molar-refractivity contribution >= 4 is 0 Å². The van der Waals surface area contributed by atoms with E-state index in [-0.39, 0.29) is 11.6 Å². The van der Waals surface area contributed by atoms with Crippen molar-refractivity contribution in [3.8, 4) is 0 Å². The SMILES string of the molecule is Cc1noc([C@H]2COCCN2Cc2cn(C(C)(C)C)nn2)n1. The van der Waals surface area contributed by atoms with E-state index in [2.05, 4.69) is 46.1 Å². The number of ether oxygens (including phenoxy) is 1. The molecule has 0 N–H and O–H groups in total. The molecule has 0 aliphatic carbocycles. The quantitative estimate of drug-likeness (QED) is 0.845. The molecule has 0 bridgehead atoms. The van der Waals surface area contributed by atoms with Crippen LogP contribution in [0.5, 0.6) is 0 Å². The third kappa shape index (κ3) is 3.17. The van der Waals surface area contributed by atoms with Crippen LogP contribution < -0.4 is 0 Å². The van der Waals surface area contributed by atoms with Crippen molar-refractivity contribution in [3.63, 3.8) is 0 Å². The average molecular weight is 306 g/mol. The molecule has 0 saturated carbocycles. The summed E-state index contributed by atoms with van der Waals surface area (Å²) in [5.41, 5.74) is 0.859. The van der Waals surface area contributed by atoms with Gasteiger partial charge in [0, 0.05) is 13.1 Å². The van der Waals surface area contributed by atoms with E-state index in [4.69, 9.17) is 9.26 Å². The van der Waals surface area contributed by atoms with Gasteiger partial charge in [0.05, 0.1) is 30.6 Å². The van der Waals surface area contributed by atoms with Crippen LogP contribution in [0.25, 0.3) is 0 Å². The highest BCUT2D eigenvalue weighted by atomic mass is 16.5. The Bertz CT molecular complexity index is 629. The molecule has 120 valence electrons. The van der Waals surface area contributed by atoms with Crippen LogP contribution in [0.1, 0.15) is 44.2 Å². The van der Waals surface area contributed by atoms with Crippen LogP contribution in [-0.4, -0.2) is 49.8 Å². The van der Waals surface area contributed by atoms with E-state index < -0.39 is 0 Å². The van der Waals surface area contributed by atoms with Gasteiger partial charge >= 0.3 is 0 Å². The molecule has 1 aliphatic rings. The summed E-state index contributed by atoms with van der Waals surface area (Å²) in [6.07, 6.45) is 1.99. The molecule has 1 fully saturated rings. The molecular weight excluding hydrogens is 284 g/mol. The number of hydrogen-bond donors (Lipinski definition) is 0. The van der Waals surface area contributed by atoms with Gasteiger partial charge < -0.3 is 9.26 Å². The second-order valence-electron chi connectivity index (χ2n) is 6.57. The maximum atomic E-state index is 5.56. The molecule has 3 rings (SSSR count). The van der Waals surface area contributed by atoms with Crippen LogP contribution in [-0.2, 0) is 16.8 Å². The second-order valence-corrected chi connectivity index (χ2v) is 6.57. The number of nitrogens with zero attached hydrogens (tertiary/aromatic N) is 6. The molecule has 2 aromatic rings. The fraction of sp³-hybridized carbons (Fsp3) is 0.714. The lowest BCUT2D eigenvalue weighted by atomic mass is 10.1. The van der Waals surface area contributed by atoms with Crippen molar-refractivity contribution < 1.29 is 9.26 Å². The van der Waals surface area contributed by atoms with Gasteiger partial charge in [-0.2, -0.15) is 4.98 Å². The summed E-state index contributed by atoms with van der Waals surface area (Å²) in [5, 5.41) is 12.4. The van der Waals surface area contributed by atoms with E-state index in [1.165, 1.54) is 0 Å². The first-order chi connectivity index (χ1) is 10.4. The van der Waals surface area contributed by atoms with Crippen molar-refractivity contribution in [2.75, 3.05) is 19.8 Å². The predicted octanol–water partition coefficient (Wildman–Crippen LogP) is 1.30. The largest absolute Gasteiger partial charge is 0.378 e. The molecule has 0 radical (unpaired) electrons. The first kappa shape index (κ1) is 15.1. The van der Waals surface area contributed by atoms with Crippen LogP contribution in [0.4, 0.5) is 0 Å². The zero-order valence-electron chi connectivity index (χ0n) is 13.5. The van der Waals surface area contributed by atoms with E-state index in [1.807, 2.05) is 17.8 Å². The van der Waals surface area contributed by atoms with Gasteiger partial charge in [-0.15, -0.1) is 5.10 Å². The molecule has 0 unspecified atom stereocenters. The Labute approximate surface area is 129 Å². The smallest absolute Gasteiger partial charge is 0.246 e. The first-order valence-corrected chi connectivity index (χ1v) is 7.47. The van der Waals surface area contributed by atoms with Crippen LogP contribution >= 0.6 is 0 Å². The Kier molecular flexibility index (Phi) is 3.96. The van der Waals surface area contributed by atoms with Gasteiger partial charge in [0.1, 0.15) is 6.04 Å². The topological polar surface area (TPSA) is 82.1 Å². The first-order valence-electron chi connectivity index (χ1n) is 7.47. The van der Waals surface area contributed by atoms with Gasteiger partial charge in [-0.1, -0.05) is 10.4 Å². The molecule has 0 amide bonds. The van der Waals surface area contributed by atoms with Crippen LogP contribution in [0.3, 0.4) is 0 Å². The van der Waals surface area contributed by atoms with Gasteiger partial charge in [0.15, 0.2) is 5.82 Å². The third-order valence-electron chi connectivity index (χ3n) is 3.66. The average Bonchev–Trinajstić information content (AvgIpc) is 3.08. The van der Waals surface area contributed by atoms with Gasteiger partial charge in [-0.05, 0) is 27.7 Å². The Hall–Kier alpha value is -1.80. The summed E-state index contributed by atoms with van der Waals surface area (Å²) < 4.78 is 12.8. The number of aryl methyl sites for hydroxylation is 1. The summed E-state index contributed by atoms with van der Waals surface area (Å²) in [4.78, 5) is 6.57. The van der Waals surface area contributed by atoms with E-state index >= 15 is 0 Å². The monoisotopic (exact) mass is 306 g/mol. The van der Waals surface area contributed by atoms with E-state index in [0.29, 0.717) is 31.5 Å². The van der Waals surface area contributed by atoms with Gasteiger partial charge in [0.25, 0.3) is 0 Å². The molecule has 2 aromatic heterocycles. The number of morpholine rings is 1. The highest BCUT2D eigenvalue weighted by molar-refractivity contribution is 4.99. The molecule has 1 aliphatic heterocycles. The minimum absolute atomic E-state index is 0.0327. The van der Waals surface area contributed by atoms with Crippen molar-refractivity contribution in [2.24, 2.45) is 0 Å². The Morgan fingerprint density at radius 2 is 2.18 bits per heavy atom. The molecule has 0 aromatic carbocycles. The van der Waals surface area contributed by atoms with Crippen LogP contribution in [0.2, 0.25) is 0 Å². The van der Waals surface area contributed by atoms with E-state index in [9.17, 15) is 0 Å². The lowest BCUT2D eigenvalue weighted by Crippen LogP contribution is -2.39. The maximum absolute atomic E-state index is 5.56. The van der Waals surface area contributed by atoms with E-state index in [1.54, 1.807) is 0 Å². The van der Waals surface area contributed by atoms with Gasteiger partial charge in [-0.3, -0.25) is 4.90 Å². The molecule has 8 nitrogen and oxygen atoms in total. The fourth-order valence-corrected chi connectivity index (χ4v) is 2.41. The lowest BCUT2D eigenvalue weighted by Gasteiger charge is -2.32. The Morgan fingerprint density at radius 1 is 1.36 bits per heavy atom. The molecule has 1 atom stereocenters.